The van der Waals surface area contributed by atoms with E-state index in [1.54, 1.807) is 6.20 Å². The van der Waals surface area contributed by atoms with Crippen LogP contribution in [0.4, 0.5) is 0 Å². The lowest BCUT2D eigenvalue weighted by Crippen LogP contribution is -2.53. The molecule has 0 bridgehead atoms. The average molecular weight is 263 g/mol. The molecule has 0 N–H and O–H groups in total. The maximum absolute atomic E-state index is 12.9. The van der Waals surface area contributed by atoms with E-state index in [2.05, 4.69) is 16.9 Å². The highest BCUT2D eigenvalue weighted by molar-refractivity contribution is 6.03. The van der Waals surface area contributed by atoms with Crippen molar-refractivity contribution >= 4 is 5.78 Å². The molecule has 0 saturated heterocycles. The van der Waals surface area contributed by atoms with Crippen molar-refractivity contribution in [2.24, 2.45) is 5.92 Å². The molecule has 19 heavy (non-hydrogen) atoms. The van der Waals surface area contributed by atoms with Gasteiger partial charge >= 0.3 is 0 Å². The molecule has 0 spiro atoms. The van der Waals surface area contributed by atoms with E-state index in [0.29, 0.717) is 5.92 Å². The number of carbonyl (C=O) groups excluding carboxylic acids is 1. The molecule has 1 aromatic heterocycles. The van der Waals surface area contributed by atoms with Crippen LogP contribution < -0.4 is 0 Å². The predicted octanol–water partition coefficient (Wildman–Crippen LogP) is 2.60. The van der Waals surface area contributed by atoms with E-state index in [1.165, 1.54) is 6.42 Å². The largest absolute Gasteiger partial charge is 0.297 e. The van der Waals surface area contributed by atoms with Crippen molar-refractivity contribution in [1.29, 1.82) is 0 Å². The zero-order chi connectivity index (χ0) is 14.0. The summed E-state index contributed by atoms with van der Waals surface area (Å²) in [6, 6.07) is 0. The molecule has 4 nitrogen and oxygen atoms in total. The lowest BCUT2D eigenvalue weighted by Gasteiger charge is -2.43. The Bertz CT molecular complexity index is 452. The number of aromatic nitrogens is 2. The van der Waals surface area contributed by atoms with Gasteiger partial charge in [0.05, 0.1) is 17.3 Å². The molecule has 0 aliphatic heterocycles. The molecule has 2 rings (SSSR count). The van der Waals surface area contributed by atoms with Gasteiger partial charge < -0.3 is 0 Å². The van der Waals surface area contributed by atoms with E-state index in [4.69, 9.17) is 0 Å². The third-order valence-corrected chi connectivity index (χ3v) is 4.47. The second kappa shape index (κ2) is 5.45. The highest BCUT2D eigenvalue weighted by Gasteiger charge is 2.44. The second-order valence-electron chi connectivity index (χ2n) is 6.04. The number of rotatable bonds is 4. The highest BCUT2D eigenvalue weighted by Crippen LogP contribution is 2.38. The highest BCUT2D eigenvalue weighted by atomic mass is 16.1. The molecule has 106 valence electrons. The van der Waals surface area contributed by atoms with Crippen molar-refractivity contribution in [2.75, 3.05) is 14.1 Å². The van der Waals surface area contributed by atoms with Crippen LogP contribution in [0.25, 0.3) is 0 Å². The summed E-state index contributed by atoms with van der Waals surface area (Å²) < 4.78 is 1.82. The van der Waals surface area contributed by atoms with E-state index in [-0.39, 0.29) is 11.3 Å². The summed E-state index contributed by atoms with van der Waals surface area (Å²) in [5.41, 5.74) is 0.420. The Morgan fingerprint density at radius 1 is 1.58 bits per heavy atom. The van der Waals surface area contributed by atoms with Crippen molar-refractivity contribution in [1.82, 2.24) is 14.7 Å². The quantitative estimate of drug-likeness (QED) is 0.784. The van der Waals surface area contributed by atoms with Crippen molar-refractivity contribution in [2.45, 2.75) is 51.6 Å². The van der Waals surface area contributed by atoms with Crippen LogP contribution in [0.1, 0.15) is 49.9 Å². The Morgan fingerprint density at radius 3 is 2.84 bits per heavy atom. The number of hydrogen-bond donors (Lipinski definition) is 0. The fourth-order valence-corrected chi connectivity index (χ4v) is 3.26. The number of nitrogens with zero attached hydrogens (tertiary/aromatic N) is 3. The topological polar surface area (TPSA) is 38.1 Å². The molecule has 1 fully saturated rings. The van der Waals surface area contributed by atoms with Gasteiger partial charge in [0.1, 0.15) is 0 Å². The molecule has 1 aliphatic carbocycles. The number of hydrogen-bond acceptors (Lipinski definition) is 3. The fourth-order valence-electron chi connectivity index (χ4n) is 3.26. The first kappa shape index (κ1) is 14.3. The van der Waals surface area contributed by atoms with E-state index in [0.717, 1.165) is 31.4 Å². The van der Waals surface area contributed by atoms with Gasteiger partial charge in [0, 0.05) is 12.7 Å². The molecule has 1 aliphatic rings. The smallest absolute Gasteiger partial charge is 0.186 e. The first-order valence-corrected chi connectivity index (χ1v) is 7.24. The summed E-state index contributed by atoms with van der Waals surface area (Å²) in [5, 5.41) is 4.24. The zero-order valence-electron chi connectivity index (χ0n) is 12.5. The lowest BCUT2D eigenvalue weighted by atomic mass is 9.72. The van der Waals surface area contributed by atoms with Crippen LogP contribution in [0.3, 0.4) is 0 Å². The third kappa shape index (κ3) is 2.59. The summed E-state index contributed by atoms with van der Waals surface area (Å²) >= 11 is 0. The minimum Gasteiger partial charge on any atom is -0.297 e. The maximum Gasteiger partial charge on any atom is 0.186 e. The van der Waals surface area contributed by atoms with Gasteiger partial charge in [-0.1, -0.05) is 19.8 Å². The van der Waals surface area contributed by atoms with E-state index >= 15 is 0 Å². The number of aryl methyl sites for hydroxylation is 1. The Morgan fingerprint density at radius 2 is 2.32 bits per heavy atom. The van der Waals surface area contributed by atoms with Crippen molar-refractivity contribution < 1.29 is 4.79 Å². The van der Waals surface area contributed by atoms with Gasteiger partial charge in [-0.3, -0.25) is 14.4 Å². The SMILES string of the molecule is CCn1cc(C(=O)C2(N(C)C)CCCC(C)C2)cn1. The molecule has 2 unspecified atom stereocenters. The van der Waals surface area contributed by atoms with Crippen LogP contribution in [0.5, 0.6) is 0 Å². The fraction of sp³-hybridized carbons (Fsp3) is 0.733. The monoisotopic (exact) mass is 263 g/mol. The van der Waals surface area contributed by atoms with Crippen LogP contribution >= 0.6 is 0 Å². The van der Waals surface area contributed by atoms with Gasteiger partial charge in [0.25, 0.3) is 0 Å². The van der Waals surface area contributed by atoms with Gasteiger partial charge in [-0.05, 0) is 39.8 Å². The molecule has 1 aromatic rings. The second-order valence-corrected chi connectivity index (χ2v) is 6.04. The first-order valence-electron chi connectivity index (χ1n) is 7.24. The number of ketones is 1. The van der Waals surface area contributed by atoms with Crippen LogP contribution in [0, 0.1) is 5.92 Å². The summed E-state index contributed by atoms with van der Waals surface area (Å²) in [5.74, 6) is 0.852. The Kier molecular flexibility index (Phi) is 4.09. The molecule has 0 amide bonds. The standard InChI is InChI=1S/C15H25N3O/c1-5-18-11-13(10-16-18)14(19)15(17(3)4)8-6-7-12(2)9-15/h10-12H,5-9H2,1-4H3. The third-order valence-electron chi connectivity index (χ3n) is 4.47. The molecule has 4 heteroatoms. The predicted molar refractivity (Wildman–Crippen MR) is 76.3 cm³/mol. The number of carbonyl (C=O) groups is 1. The molecule has 0 radical (unpaired) electrons. The minimum atomic E-state index is -0.334. The van der Waals surface area contributed by atoms with Crippen molar-refractivity contribution in [3.8, 4) is 0 Å². The van der Waals surface area contributed by atoms with E-state index < -0.39 is 0 Å². The lowest BCUT2D eigenvalue weighted by molar-refractivity contribution is 0.0486. The molecule has 1 saturated carbocycles. The Balaban J connectivity index is 2.30. The van der Waals surface area contributed by atoms with Crippen LogP contribution in [0.15, 0.2) is 12.4 Å². The Labute approximate surface area is 115 Å². The van der Waals surface area contributed by atoms with Crippen LogP contribution in [-0.2, 0) is 6.54 Å². The van der Waals surface area contributed by atoms with Crippen molar-refractivity contribution in [3.63, 3.8) is 0 Å². The maximum atomic E-state index is 12.9. The van der Waals surface area contributed by atoms with Gasteiger partial charge in [0.15, 0.2) is 5.78 Å². The first-order chi connectivity index (χ1) is 8.99. The summed E-state index contributed by atoms with van der Waals surface area (Å²) in [7, 11) is 4.06. The zero-order valence-corrected chi connectivity index (χ0v) is 12.5. The van der Waals surface area contributed by atoms with Gasteiger partial charge in [-0.2, -0.15) is 5.10 Å². The molecule has 0 aromatic carbocycles. The van der Waals surface area contributed by atoms with Crippen LogP contribution in [0.2, 0.25) is 0 Å². The van der Waals surface area contributed by atoms with Crippen LogP contribution in [-0.4, -0.2) is 40.1 Å². The summed E-state index contributed by atoms with van der Waals surface area (Å²) in [6.07, 6.45) is 7.88. The summed E-state index contributed by atoms with van der Waals surface area (Å²) in [4.78, 5) is 15.1. The van der Waals surface area contributed by atoms with Gasteiger partial charge in [-0.25, -0.2) is 0 Å². The number of Topliss-reactive ketones (excluding diaryl/α,β-unsaturated/α-hetero) is 1. The van der Waals surface area contributed by atoms with Gasteiger partial charge in [0.2, 0.25) is 0 Å². The molecule has 1 heterocycles. The number of likely N-dealkylation sites (N-methyl/N-ethyl adjacent to an activating group) is 1. The summed E-state index contributed by atoms with van der Waals surface area (Å²) in [6.45, 7) is 5.09. The van der Waals surface area contributed by atoms with Gasteiger partial charge in [-0.15, -0.1) is 0 Å². The van der Waals surface area contributed by atoms with E-state index in [1.807, 2.05) is 31.9 Å². The minimum absolute atomic E-state index is 0.240. The van der Waals surface area contributed by atoms with Crippen molar-refractivity contribution in [3.05, 3.63) is 18.0 Å². The Hall–Kier alpha value is -1.16. The average Bonchev–Trinajstić information content (AvgIpc) is 2.86. The molecule has 2 atom stereocenters. The normalized spacial score (nSPS) is 27.7. The molecular weight excluding hydrogens is 238 g/mol. The van der Waals surface area contributed by atoms with E-state index in [9.17, 15) is 4.79 Å². The molecular formula is C15H25N3O.